The first-order valence-electron chi connectivity index (χ1n) is 9.34. The number of amides is 1. The number of likely N-dealkylation sites (tertiary alicyclic amines) is 1. The number of carbonyl (C=O) groups is 1. The molecule has 2 aromatic carbocycles. The number of sulfonamides is 1. The van der Waals surface area contributed by atoms with Crippen LogP contribution in [0.1, 0.15) is 36.2 Å². The van der Waals surface area contributed by atoms with Crippen LogP contribution in [0.4, 0.5) is 10.1 Å². The molecule has 2 atom stereocenters. The fraction of sp³-hybridized carbons (Fsp3) is 0.381. The van der Waals surface area contributed by atoms with Crippen molar-refractivity contribution in [1.82, 2.24) is 4.90 Å². The van der Waals surface area contributed by atoms with E-state index in [1.54, 1.807) is 24.3 Å². The van der Waals surface area contributed by atoms with Gasteiger partial charge < -0.3 is 4.90 Å². The molecule has 1 aliphatic heterocycles. The minimum Gasteiger partial charge on any atom is -0.338 e. The molecule has 5 nitrogen and oxygen atoms in total. The number of rotatable bonds is 4. The summed E-state index contributed by atoms with van der Waals surface area (Å²) >= 11 is 0. The highest BCUT2D eigenvalue weighted by Gasteiger charge is 2.26. The third kappa shape index (κ3) is 4.52. The van der Waals surface area contributed by atoms with E-state index in [1.807, 2.05) is 4.90 Å². The molecular weight excluding hydrogens is 379 g/mol. The molecule has 1 aliphatic rings. The maximum atomic E-state index is 13.4. The van der Waals surface area contributed by atoms with Gasteiger partial charge in [0.1, 0.15) is 5.82 Å². The summed E-state index contributed by atoms with van der Waals surface area (Å²) in [6.07, 6.45) is 1.12. The van der Waals surface area contributed by atoms with Gasteiger partial charge in [0.25, 0.3) is 15.9 Å². The summed E-state index contributed by atoms with van der Waals surface area (Å²) < 4.78 is 40.8. The Bertz CT molecular complexity index is 964. The van der Waals surface area contributed by atoms with E-state index < -0.39 is 15.8 Å². The van der Waals surface area contributed by atoms with Crippen LogP contribution in [-0.2, 0) is 10.0 Å². The van der Waals surface area contributed by atoms with E-state index in [9.17, 15) is 17.6 Å². The van der Waals surface area contributed by atoms with E-state index in [0.29, 0.717) is 23.1 Å². The summed E-state index contributed by atoms with van der Waals surface area (Å²) in [5.74, 6) is 0.445. The van der Waals surface area contributed by atoms with Gasteiger partial charge in [0.2, 0.25) is 0 Å². The maximum Gasteiger partial charge on any atom is 0.261 e. The van der Waals surface area contributed by atoms with Gasteiger partial charge in [-0.2, -0.15) is 0 Å². The minimum absolute atomic E-state index is 0.0113. The van der Waals surface area contributed by atoms with Crippen molar-refractivity contribution in [2.75, 3.05) is 17.8 Å². The Hall–Kier alpha value is -2.41. The number of hydrogen-bond acceptors (Lipinski definition) is 3. The van der Waals surface area contributed by atoms with Gasteiger partial charge in [-0.25, -0.2) is 12.8 Å². The van der Waals surface area contributed by atoms with Crippen LogP contribution in [0, 0.1) is 24.6 Å². The number of anilines is 1. The minimum atomic E-state index is -3.83. The molecule has 1 heterocycles. The number of halogens is 1. The predicted molar refractivity (Wildman–Crippen MR) is 107 cm³/mol. The summed E-state index contributed by atoms with van der Waals surface area (Å²) in [6.45, 7) is 7.27. The van der Waals surface area contributed by atoms with Crippen molar-refractivity contribution >= 4 is 21.6 Å². The Kier molecular flexibility index (Phi) is 5.74. The Morgan fingerprint density at radius 2 is 1.68 bits per heavy atom. The van der Waals surface area contributed by atoms with Crippen molar-refractivity contribution in [3.05, 3.63) is 59.4 Å². The third-order valence-electron chi connectivity index (χ3n) is 4.98. The van der Waals surface area contributed by atoms with E-state index in [0.717, 1.165) is 25.6 Å². The second-order valence-corrected chi connectivity index (χ2v) is 9.43. The largest absolute Gasteiger partial charge is 0.338 e. The van der Waals surface area contributed by atoms with Gasteiger partial charge in [-0.15, -0.1) is 0 Å². The van der Waals surface area contributed by atoms with E-state index >= 15 is 0 Å². The molecule has 0 spiro atoms. The van der Waals surface area contributed by atoms with E-state index in [2.05, 4.69) is 18.6 Å². The smallest absolute Gasteiger partial charge is 0.261 e. The van der Waals surface area contributed by atoms with Crippen molar-refractivity contribution in [1.29, 1.82) is 0 Å². The lowest BCUT2D eigenvalue weighted by atomic mass is 9.91. The van der Waals surface area contributed by atoms with E-state index in [1.165, 1.54) is 19.1 Å². The summed E-state index contributed by atoms with van der Waals surface area (Å²) in [4.78, 5) is 14.6. The van der Waals surface area contributed by atoms with Crippen molar-refractivity contribution in [3.8, 4) is 0 Å². The second kappa shape index (κ2) is 7.91. The quantitative estimate of drug-likeness (QED) is 0.836. The summed E-state index contributed by atoms with van der Waals surface area (Å²) in [5.41, 5.74) is 1.13. The van der Waals surface area contributed by atoms with E-state index in [-0.39, 0.29) is 16.4 Å². The first kappa shape index (κ1) is 20.3. The lowest BCUT2D eigenvalue weighted by molar-refractivity contribution is 0.0623. The number of benzene rings is 2. The van der Waals surface area contributed by atoms with Crippen LogP contribution < -0.4 is 4.72 Å². The Labute approximate surface area is 165 Å². The van der Waals surface area contributed by atoms with Gasteiger partial charge in [-0.3, -0.25) is 9.52 Å². The Balaban J connectivity index is 1.73. The average Bonchev–Trinajstić information content (AvgIpc) is 2.63. The number of hydrogen-bond donors (Lipinski definition) is 1. The fourth-order valence-corrected chi connectivity index (χ4v) is 4.83. The highest BCUT2D eigenvalue weighted by atomic mass is 32.2. The molecule has 3 rings (SSSR count). The van der Waals surface area contributed by atoms with Crippen LogP contribution in [0.3, 0.4) is 0 Å². The number of carbonyl (C=O) groups excluding carboxylic acids is 1. The van der Waals surface area contributed by atoms with Crippen molar-refractivity contribution < 1.29 is 17.6 Å². The lowest BCUT2D eigenvalue weighted by Crippen LogP contribution is -2.42. The van der Waals surface area contributed by atoms with Crippen molar-refractivity contribution in [3.63, 3.8) is 0 Å². The molecule has 0 aliphatic carbocycles. The fourth-order valence-electron chi connectivity index (χ4n) is 3.69. The number of piperidine rings is 1. The van der Waals surface area contributed by atoms with Gasteiger partial charge in [0.05, 0.1) is 4.90 Å². The molecule has 1 saturated heterocycles. The van der Waals surface area contributed by atoms with Gasteiger partial charge in [-0.1, -0.05) is 13.8 Å². The number of nitrogens with one attached hydrogen (secondary N) is 1. The number of nitrogens with zero attached hydrogens (tertiary/aromatic N) is 1. The van der Waals surface area contributed by atoms with Crippen LogP contribution in [0.2, 0.25) is 0 Å². The summed E-state index contributed by atoms with van der Waals surface area (Å²) in [5, 5.41) is 0. The molecule has 2 unspecified atom stereocenters. The first-order valence-corrected chi connectivity index (χ1v) is 10.8. The van der Waals surface area contributed by atoms with Gasteiger partial charge in [-0.05, 0) is 73.2 Å². The van der Waals surface area contributed by atoms with E-state index in [4.69, 9.17) is 0 Å². The van der Waals surface area contributed by atoms with Gasteiger partial charge in [0.15, 0.2) is 0 Å². The maximum absolute atomic E-state index is 13.4. The van der Waals surface area contributed by atoms with Crippen LogP contribution in [0.25, 0.3) is 0 Å². The Morgan fingerprint density at radius 1 is 1.07 bits per heavy atom. The predicted octanol–water partition coefficient (Wildman–Crippen LogP) is 4.05. The van der Waals surface area contributed by atoms with Gasteiger partial charge >= 0.3 is 0 Å². The van der Waals surface area contributed by atoms with Gasteiger partial charge in [0, 0.05) is 24.3 Å². The van der Waals surface area contributed by atoms with Crippen LogP contribution in [-0.4, -0.2) is 32.3 Å². The molecule has 7 heteroatoms. The zero-order valence-corrected chi connectivity index (χ0v) is 17.1. The number of aryl methyl sites for hydroxylation is 1. The Morgan fingerprint density at radius 3 is 2.25 bits per heavy atom. The molecule has 1 N–H and O–H groups in total. The molecule has 2 aromatic rings. The van der Waals surface area contributed by atoms with Crippen molar-refractivity contribution in [2.45, 2.75) is 32.1 Å². The summed E-state index contributed by atoms with van der Waals surface area (Å²) in [6, 6.07) is 10.0. The normalized spacial score (nSPS) is 20.1. The standard InChI is InChI=1S/C21H25FN2O3S/c1-14-10-15(2)13-24(12-14)21(25)17-4-6-18(7-5-17)23-28(26,27)19-8-9-20(22)16(3)11-19/h4-9,11,14-15,23H,10,12-13H2,1-3H3. The van der Waals surface area contributed by atoms with Crippen LogP contribution >= 0.6 is 0 Å². The zero-order chi connectivity index (χ0) is 20.5. The highest BCUT2D eigenvalue weighted by molar-refractivity contribution is 7.92. The first-order chi connectivity index (χ1) is 13.2. The van der Waals surface area contributed by atoms with Crippen LogP contribution in [0.5, 0.6) is 0 Å². The highest BCUT2D eigenvalue weighted by Crippen LogP contribution is 2.24. The molecule has 0 saturated carbocycles. The molecular formula is C21H25FN2O3S. The lowest BCUT2D eigenvalue weighted by Gasteiger charge is -2.35. The topological polar surface area (TPSA) is 66.5 Å². The van der Waals surface area contributed by atoms with Crippen LogP contribution in [0.15, 0.2) is 47.4 Å². The zero-order valence-electron chi connectivity index (χ0n) is 16.3. The molecule has 0 radical (unpaired) electrons. The monoisotopic (exact) mass is 404 g/mol. The summed E-state index contributed by atoms with van der Waals surface area (Å²) in [7, 11) is -3.83. The molecule has 28 heavy (non-hydrogen) atoms. The second-order valence-electron chi connectivity index (χ2n) is 7.75. The molecule has 0 aromatic heterocycles. The molecule has 1 fully saturated rings. The average molecular weight is 405 g/mol. The molecule has 1 amide bonds. The molecule has 150 valence electrons. The molecule has 0 bridgehead atoms. The third-order valence-corrected chi connectivity index (χ3v) is 6.36. The van der Waals surface area contributed by atoms with Crippen molar-refractivity contribution in [2.24, 2.45) is 11.8 Å². The SMILES string of the molecule is Cc1cc(S(=O)(=O)Nc2ccc(C(=O)N3CC(C)CC(C)C3)cc2)ccc1F.